The molecule has 0 aromatic carbocycles. The van der Waals surface area contributed by atoms with Crippen LogP contribution >= 0.6 is 0 Å². The van der Waals surface area contributed by atoms with Gasteiger partial charge in [-0.1, -0.05) is 24.8 Å². The van der Waals surface area contributed by atoms with Crippen LogP contribution in [0.1, 0.15) is 6.92 Å². The summed E-state index contributed by atoms with van der Waals surface area (Å²) >= 11 is 0. The molecule has 1 unspecified atom stereocenters. The van der Waals surface area contributed by atoms with E-state index in [9.17, 15) is 9.59 Å². The van der Waals surface area contributed by atoms with Crippen LogP contribution in [0.2, 0.25) is 0 Å². The van der Waals surface area contributed by atoms with Crippen molar-refractivity contribution >= 4 is 12.1 Å². The van der Waals surface area contributed by atoms with Crippen molar-refractivity contribution < 1.29 is 19.4 Å². The predicted octanol–water partition coefficient (Wildman–Crippen LogP) is 1.02. The summed E-state index contributed by atoms with van der Waals surface area (Å²) in [7, 11) is 0. The van der Waals surface area contributed by atoms with Crippen molar-refractivity contribution in [1.29, 1.82) is 0 Å². The van der Waals surface area contributed by atoms with E-state index >= 15 is 0 Å². The maximum absolute atomic E-state index is 11.5. The molecule has 0 aliphatic carbocycles. The molecule has 1 aliphatic rings. The first-order valence-corrected chi connectivity index (χ1v) is 4.48. The number of carbonyl (C=O) groups is 2. The first kappa shape index (κ1) is 11.3. The number of carboxylic acids is 1. The third-order valence-corrected chi connectivity index (χ3v) is 2.27. The van der Waals surface area contributed by atoms with E-state index in [0.29, 0.717) is 0 Å². The summed E-state index contributed by atoms with van der Waals surface area (Å²) in [6.07, 6.45) is 3.89. The average Bonchev–Trinajstić information content (AvgIpc) is 2.58. The van der Waals surface area contributed by atoms with Crippen LogP contribution < -0.4 is 0 Å². The standard InChI is InChI=1S/C10H13NO4/c1-3-7-15-9(14)11-6-4-5-10(11,2)8(12)13/h3-5H,1,6-7H2,2H3,(H,12,13). The first-order valence-electron chi connectivity index (χ1n) is 4.48. The summed E-state index contributed by atoms with van der Waals surface area (Å²) in [5.41, 5.74) is -1.31. The van der Waals surface area contributed by atoms with Crippen LogP contribution in [0.3, 0.4) is 0 Å². The van der Waals surface area contributed by atoms with Crippen molar-refractivity contribution in [2.75, 3.05) is 13.2 Å². The molecule has 0 saturated carbocycles. The zero-order valence-electron chi connectivity index (χ0n) is 8.47. The van der Waals surface area contributed by atoms with Gasteiger partial charge in [0, 0.05) is 6.54 Å². The lowest BCUT2D eigenvalue weighted by atomic mass is 10.0. The molecule has 1 aliphatic heterocycles. The van der Waals surface area contributed by atoms with Gasteiger partial charge in [0.15, 0.2) is 5.54 Å². The van der Waals surface area contributed by atoms with Crippen molar-refractivity contribution in [3.05, 3.63) is 24.8 Å². The zero-order valence-corrected chi connectivity index (χ0v) is 8.47. The highest BCUT2D eigenvalue weighted by atomic mass is 16.6. The molecule has 0 aromatic rings. The van der Waals surface area contributed by atoms with Crippen LogP contribution in [0.5, 0.6) is 0 Å². The summed E-state index contributed by atoms with van der Waals surface area (Å²) in [4.78, 5) is 23.6. The number of hydrogen-bond donors (Lipinski definition) is 1. The number of ether oxygens (including phenoxy) is 1. The third kappa shape index (κ3) is 2.01. The van der Waals surface area contributed by atoms with Gasteiger partial charge in [-0.3, -0.25) is 4.90 Å². The second kappa shape index (κ2) is 4.16. The number of aliphatic carboxylic acids is 1. The molecule has 1 atom stereocenters. The van der Waals surface area contributed by atoms with Crippen LogP contribution in [0.4, 0.5) is 4.79 Å². The molecule has 5 heteroatoms. The highest BCUT2D eigenvalue weighted by Crippen LogP contribution is 2.23. The van der Waals surface area contributed by atoms with Gasteiger partial charge >= 0.3 is 12.1 Å². The van der Waals surface area contributed by atoms with E-state index < -0.39 is 17.6 Å². The number of carbonyl (C=O) groups excluding carboxylic acids is 1. The summed E-state index contributed by atoms with van der Waals surface area (Å²) in [6.45, 7) is 5.18. The molecule has 1 heterocycles. The van der Waals surface area contributed by atoms with E-state index in [1.165, 1.54) is 19.1 Å². The Labute approximate surface area is 87.6 Å². The highest BCUT2D eigenvalue weighted by Gasteiger charge is 2.43. The van der Waals surface area contributed by atoms with Crippen LogP contribution in [0.15, 0.2) is 24.8 Å². The van der Waals surface area contributed by atoms with Crippen LogP contribution in [0, 0.1) is 0 Å². The highest BCUT2D eigenvalue weighted by molar-refractivity contribution is 5.87. The van der Waals surface area contributed by atoms with Gasteiger partial charge in [0.05, 0.1) is 0 Å². The molecule has 0 saturated heterocycles. The van der Waals surface area contributed by atoms with E-state index in [1.54, 1.807) is 6.08 Å². The van der Waals surface area contributed by atoms with Crippen molar-refractivity contribution in [3.8, 4) is 0 Å². The van der Waals surface area contributed by atoms with Crippen molar-refractivity contribution in [2.24, 2.45) is 0 Å². The molecular formula is C10H13NO4. The lowest BCUT2D eigenvalue weighted by molar-refractivity contribution is -0.145. The lowest BCUT2D eigenvalue weighted by Crippen LogP contribution is -2.51. The van der Waals surface area contributed by atoms with Gasteiger partial charge < -0.3 is 9.84 Å². The molecule has 1 rings (SSSR count). The Morgan fingerprint density at radius 3 is 2.93 bits per heavy atom. The fraction of sp³-hybridized carbons (Fsp3) is 0.400. The Bertz CT molecular complexity index is 323. The molecule has 0 spiro atoms. The van der Waals surface area contributed by atoms with Crippen molar-refractivity contribution in [2.45, 2.75) is 12.5 Å². The number of rotatable bonds is 3. The smallest absolute Gasteiger partial charge is 0.411 e. The zero-order chi connectivity index (χ0) is 11.5. The van der Waals surface area contributed by atoms with E-state index in [2.05, 4.69) is 6.58 Å². The largest absolute Gasteiger partial charge is 0.479 e. The third-order valence-electron chi connectivity index (χ3n) is 2.27. The van der Waals surface area contributed by atoms with Gasteiger partial charge in [-0.15, -0.1) is 0 Å². The minimum Gasteiger partial charge on any atom is -0.479 e. The molecule has 1 amide bonds. The predicted molar refractivity (Wildman–Crippen MR) is 53.4 cm³/mol. The van der Waals surface area contributed by atoms with E-state index in [4.69, 9.17) is 9.84 Å². The van der Waals surface area contributed by atoms with Crippen LogP contribution in [-0.2, 0) is 9.53 Å². The van der Waals surface area contributed by atoms with Crippen LogP contribution in [-0.4, -0.2) is 40.8 Å². The molecule has 0 radical (unpaired) electrons. The quantitative estimate of drug-likeness (QED) is 0.708. The Hall–Kier alpha value is -1.78. The minimum atomic E-state index is -1.31. The maximum Gasteiger partial charge on any atom is 0.411 e. The van der Waals surface area contributed by atoms with Gasteiger partial charge in [-0.25, -0.2) is 9.59 Å². The number of carboxylic acid groups (broad SMARTS) is 1. The number of nitrogens with zero attached hydrogens (tertiary/aromatic N) is 1. The van der Waals surface area contributed by atoms with Gasteiger partial charge in [0.2, 0.25) is 0 Å². The summed E-state index contributed by atoms with van der Waals surface area (Å²) < 4.78 is 4.79. The molecule has 15 heavy (non-hydrogen) atoms. The van der Waals surface area contributed by atoms with E-state index in [1.807, 2.05) is 0 Å². The number of hydrogen-bond acceptors (Lipinski definition) is 3. The molecule has 0 fully saturated rings. The van der Waals surface area contributed by atoms with Gasteiger partial charge in [0.1, 0.15) is 6.61 Å². The fourth-order valence-corrected chi connectivity index (χ4v) is 1.33. The number of amides is 1. The first-order chi connectivity index (χ1) is 7.02. The van der Waals surface area contributed by atoms with Crippen molar-refractivity contribution in [1.82, 2.24) is 4.90 Å². The fourth-order valence-electron chi connectivity index (χ4n) is 1.33. The molecule has 82 valence electrons. The van der Waals surface area contributed by atoms with E-state index in [0.717, 1.165) is 4.90 Å². The van der Waals surface area contributed by atoms with Gasteiger partial charge in [-0.05, 0) is 6.92 Å². The summed E-state index contributed by atoms with van der Waals surface area (Å²) in [5.74, 6) is -1.08. The molecule has 5 nitrogen and oxygen atoms in total. The Balaban J connectivity index is 2.75. The summed E-state index contributed by atoms with van der Waals surface area (Å²) in [5, 5.41) is 9.00. The maximum atomic E-state index is 11.5. The average molecular weight is 211 g/mol. The lowest BCUT2D eigenvalue weighted by Gasteiger charge is -2.29. The minimum absolute atomic E-state index is 0.0744. The molecular weight excluding hydrogens is 198 g/mol. The SMILES string of the molecule is C=CCOC(=O)N1CC=CC1(C)C(=O)O. The van der Waals surface area contributed by atoms with Crippen LogP contribution in [0.25, 0.3) is 0 Å². The second-order valence-corrected chi connectivity index (χ2v) is 3.33. The molecule has 0 aromatic heterocycles. The summed E-state index contributed by atoms with van der Waals surface area (Å²) in [6, 6.07) is 0. The van der Waals surface area contributed by atoms with Gasteiger partial charge in [0.25, 0.3) is 0 Å². The molecule has 1 N–H and O–H groups in total. The second-order valence-electron chi connectivity index (χ2n) is 3.33. The Morgan fingerprint density at radius 2 is 2.40 bits per heavy atom. The Kier molecular flexibility index (Phi) is 3.14. The topological polar surface area (TPSA) is 66.8 Å². The molecule has 0 bridgehead atoms. The Morgan fingerprint density at radius 1 is 1.73 bits per heavy atom. The normalized spacial score (nSPS) is 23.9. The van der Waals surface area contributed by atoms with Crippen molar-refractivity contribution in [3.63, 3.8) is 0 Å². The monoisotopic (exact) mass is 211 g/mol. The van der Waals surface area contributed by atoms with Gasteiger partial charge in [-0.2, -0.15) is 0 Å². The van der Waals surface area contributed by atoms with E-state index in [-0.39, 0.29) is 13.2 Å².